The van der Waals surface area contributed by atoms with Crippen LogP contribution in [0.1, 0.15) is 0 Å². The van der Waals surface area contributed by atoms with Gasteiger partial charge in [-0.15, -0.1) is 28.1 Å². The minimum atomic E-state index is 0.847. The second-order valence-electron chi connectivity index (χ2n) is 1.10. The number of nitrogens with zero attached hydrogens (tertiary/aromatic N) is 1. The predicted molar refractivity (Wildman–Crippen MR) is 36.6 cm³/mol. The molecule has 0 aromatic carbocycles. The van der Waals surface area contributed by atoms with Crippen molar-refractivity contribution in [2.24, 2.45) is 0 Å². The Hall–Kier alpha value is 0.543. The molecule has 4 heteroatoms. The molecule has 1 rings (SSSR count). The van der Waals surface area contributed by atoms with E-state index in [-0.39, 0.29) is 0 Å². The van der Waals surface area contributed by atoms with Crippen molar-refractivity contribution in [3.05, 3.63) is 29.0 Å². The fraction of sp³-hybridized carbons (Fsp3) is 0. The number of rotatable bonds is 0. The van der Waals surface area contributed by atoms with Crippen LogP contribution in [0.5, 0.6) is 0 Å². The van der Waals surface area contributed by atoms with Crippen molar-refractivity contribution in [3.8, 4) is 0 Å². The summed E-state index contributed by atoms with van der Waals surface area (Å²) in [5.41, 5.74) is 0. The molecule has 1 aromatic rings. The monoisotopic (exact) mass is 255 g/mol. The Bertz CT molecular complexity index is 147. The average Bonchev–Trinajstić information content (AvgIpc) is 1.94. The van der Waals surface area contributed by atoms with Crippen LogP contribution in [0, 0.1) is 6.20 Å². The summed E-state index contributed by atoms with van der Waals surface area (Å²) >= 11 is 4.09. The Morgan fingerprint density at radius 3 is 2.56 bits per heavy atom. The third-order valence-corrected chi connectivity index (χ3v) is 1.08. The zero-order valence-corrected chi connectivity index (χ0v) is 9.95. The molecule has 9 heavy (non-hydrogen) atoms. The summed E-state index contributed by atoms with van der Waals surface area (Å²) in [5, 5.41) is 0. The van der Waals surface area contributed by atoms with Gasteiger partial charge in [0.1, 0.15) is 0 Å². The molecule has 0 amide bonds. The van der Waals surface area contributed by atoms with Gasteiger partial charge in [-0.25, -0.2) is 0 Å². The van der Waals surface area contributed by atoms with E-state index in [1.807, 2.05) is 6.07 Å². The zero-order valence-electron chi connectivity index (χ0n) is 4.64. The molecule has 0 saturated heterocycles. The average molecular weight is 258 g/mol. The molecule has 1 aromatic heterocycles. The maximum atomic E-state index is 4.76. The van der Waals surface area contributed by atoms with E-state index in [0.29, 0.717) is 0 Å². The van der Waals surface area contributed by atoms with Gasteiger partial charge < -0.3 is 4.98 Å². The number of hydrogen-bond donors (Lipinski definition) is 0. The zero-order chi connectivity index (χ0) is 7.11. The number of halogens is 2. The molecular formula is C5H3BrClNZn. The minimum absolute atomic E-state index is 0.847. The van der Waals surface area contributed by atoms with E-state index in [4.69, 9.17) is 9.69 Å². The van der Waals surface area contributed by atoms with E-state index in [2.05, 4.69) is 27.1 Å². The normalized spacial score (nSPS) is 7.56. The van der Waals surface area contributed by atoms with Gasteiger partial charge in [0, 0.05) is 0 Å². The second-order valence-corrected chi connectivity index (χ2v) is 2.02. The molecule has 0 radical (unpaired) electrons. The van der Waals surface area contributed by atoms with E-state index in [9.17, 15) is 0 Å². The van der Waals surface area contributed by atoms with Gasteiger partial charge >= 0.3 is 27.0 Å². The number of hydrogen-bond acceptors (Lipinski definition) is 1. The Morgan fingerprint density at radius 1 is 1.67 bits per heavy atom. The van der Waals surface area contributed by atoms with Gasteiger partial charge in [0.15, 0.2) is 0 Å². The van der Waals surface area contributed by atoms with Crippen LogP contribution < -0.4 is 0 Å². The third-order valence-electron chi connectivity index (χ3n) is 0.585. The molecule has 0 bridgehead atoms. The van der Waals surface area contributed by atoms with Crippen LogP contribution >= 0.6 is 25.6 Å². The fourth-order valence-corrected chi connectivity index (χ4v) is 0.519. The van der Waals surface area contributed by atoms with Crippen molar-refractivity contribution in [2.45, 2.75) is 0 Å². The first-order valence-electron chi connectivity index (χ1n) is 2.14. The molecule has 0 fully saturated rings. The quantitative estimate of drug-likeness (QED) is 0.514. The topological polar surface area (TPSA) is 12.9 Å². The molecule has 1 heterocycles. The fourth-order valence-electron chi connectivity index (χ4n) is 0.299. The van der Waals surface area contributed by atoms with Crippen molar-refractivity contribution >= 4 is 25.6 Å². The number of aromatic nitrogens is 1. The van der Waals surface area contributed by atoms with E-state index in [1.54, 1.807) is 12.3 Å². The van der Waals surface area contributed by atoms with Crippen LogP contribution in [0.25, 0.3) is 0 Å². The third kappa shape index (κ3) is 5.01. The van der Waals surface area contributed by atoms with Crippen LogP contribution in [0.2, 0.25) is 0 Å². The van der Waals surface area contributed by atoms with Crippen molar-refractivity contribution in [2.75, 3.05) is 0 Å². The van der Waals surface area contributed by atoms with Crippen LogP contribution in [-0.4, -0.2) is 4.98 Å². The summed E-state index contributed by atoms with van der Waals surface area (Å²) in [6.07, 6.45) is 4.35. The molecule has 0 aliphatic rings. The summed E-state index contributed by atoms with van der Waals surface area (Å²) in [7, 11) is 4.76. The first-order valence-corrected chi connectivity index (χ1v) is 6.83. The van der Waals surface area contributed by atoms with Gasteiger partial charge in [0.2, 0.25) is 0 Å². The van der Waals surface area contributed by atoms with Crippen LogP contribution in [0.3, 0.4) is 0 Å². The molecule has 0 unspecified atom stereocenters. The van der Waals surface area contributed by atoms with Gasteiger partial charge in [-0.2, -0.15) is 0 Å². The van der Waals surface area contributed by atoms with E-state index < -0.39 is 0 Å². The molecule has 0 spiro atoms. The van der Waals surface area contributed by atoms with Crippen molar-refractivity contribution < 1.29 is 17.3 Å². The van der Waals surface area contributed by atoms with Gasteiger partial charge in [0.25, 0.3) is 0 Å². The van der Waals surface area contributed by atoms with Crippen molar-refractivity contribution in [3.63, 3.8) is 0 Å². The standard InChI is InChI=1S/C5H3BrN.ClH.Zn/c6-5-1-3-7-4-2-5;;/h1-3H;1H;/q-1;;+2/p-1. The van der Waals surface area contributed by atoms with Crippen LogP contribution in [0.4, 0.5) is 0 Å². The molecule has 1 nitrogen and oxygen atoms in total. The van der Waals surface area contributed by atoms with Crippen molar-refractivity contribution in [1.82, 2.24) is 4.98 Å². The summed E-state index contributed by atoms with van der Waals surface area (Å²) in [4.78, 5) is 3.69. The Balaban J connectivity index is 0.000000291. The van der Waals surface area contributed by atoms with Gasteiger partial charge in [-0.3, -0.25) is 0 Å². The van der Waals surface area contributed by atoms with Gasteiger partial charge in [-0.1, -0.05) is 16.9 Å². The Kier molecular flexibility index (Phi) is 7.06. The van der Waals surface area contributed by atoms with E-state index in [0.717, 1.165) is 21.8 Å². The van der Waals surface area contributed by atoms with Crippen LogP contribution in [-0.2, 0) is 17.3 Å². The van der Waals surface area contributed by atoms with E-state index in [1.165, 1.54) is 0 Å². The maximum absolute atomic E-state index is 4.76. The predicted octanol–water partition coefficient (Wildman–Crippen LogP) is 2.33. The van der Waals surface area contributed by atoms with Crippen LogP contribution in [0.15, 0.2) is 22.8 Å². The molecule has 0 atom stereocenters. The summed E-state index contributed by atoms with van der Waals surface area (Å²) in [6.45, 7) is 0. The summed E-state index contributed by atoms with van der Waals surface area (Å²) < 4.78 is 1.02. The summed E-state index contributed by atoms with van der Waals surface area (Å²) in [5.74, 6) is 0. The van der Waals surface area contributed by atoms with Gasteiger partial charge in [0.05, 0.1) is 0 Å². The van der Waals surface area contributed by atoms with Gasteiger partial charge in [-0.05, 0) is 0 Å². The number of pyridine rings is 1. The molecule has 0 saturated carbocycles. The second kappa shape index (κ2) is 6.66. The first-order chi connectivity index (χ1) is 4.39. The molecule has 0 N–H and O–H groups in total. The Morgan fingerprint density at radius 2 is 2.33 bits per heavy atom. The van der Waals surface area contributed by atoms with E-state index >= 15 is 0 Å². The Labute approximate surface area is 76.7 Å². The molecular weight excluding hydrogens is 255 g/mol. The van der Waals surface area contributed by atoms with Crippen molar-refractivity contribution in [1.29, 1.82) is 0 Å². The SMILES string of the molecule is Brc1c[c-]ncc1.[Cl][Zn+]. The molecule has 0 aliphatic carbocycles. The molecule has 0 aliphatic heterocycles. The first kappa shape index (κ1) is 9.54. The summed E-state index contributed by atoms with van der Waals surface area (Å²) in [6, 6.07) is 3.62. The molecule has 44 valence electrons.